The van der Waals surface area contributed by atoms with Crippen molar-refractivity contribution in [3.63, 3.8) is 0 Å². The van der Waals surface area contributed by atoms with Crippen LogP contribution in [0, 0.1) is 5.92 Å². The van der Waals surface area contributed by atoms with Crippen LogP contribution < -0.4 is 10.6 Å². The first-order valence-corrected chi connectivity index (χ1v) is 12.9. The summed E-state index contributed by atoms with van der Waals surface area (Å²) in [5, 5.41) is 23.6. The highest BCUT2D eigenvalue weighted by atomic mass is 19.4. The van der Waals surface area contributed by atoms with Crippen LogP contribution in [0.1, 0.15) is 91.6 Å². The zero-order valence-corrected chi connectivity index (χ0v) is 21.1. The number of hydrogen-bond donors (Lipinski definition) is 3. The Kier molecular flexibility index (Phi) is 7.46. The molecule has 0 aliphatic heterocycles. The molecule has 0 saturated heterocycles. The summed E-state index contributed by atoms with van der Waals surface area (Å²) in [5.74, 6) is -4.54. The molecule has 16 heteroatoms. The maximum atomic E-state index is 13.9. The molecule has 2 aliphatic carbocycles. The monoisotopic (exact) mass is 570 g/mol. The van der Waals surface area contributed by atoms with Crippen molar-refractivity contribution < 1.29 is 36.6 Å². The second kappa shape index (κ2) is 10.7. The van der Waals surface area contributed by atoms with Gasteiger partial charge in [0.05, 0.1) is 36.6 Å². The van der Waals surface area contributed by atoms with Crippen LogP contribution in [0.4, 0.5) is 22.0 Å². The number of aromatic nitrogens is 6. The lowest BCUT2D eigenvalue weighted by molar-refractivity contribution is -0.145. The van der Waals surface area contributed by atoms with Gasteiger partial charge in [0.1, 0.15) is 6.33 Å². The van der Waals surface area contributed by atoms with Gasteiger partial charge in [-0.25, -0.2) is 27.9 Å². The molecule has 3 heterocycles. The minimum absolute atomic E-state index is 0.0698. The maximum absolute atomic E-state index is 13.9. The predicted octanol–water partition coefficient (Wildman–Crippen LogP) is 3.40. The van der Waals surface area contributed by atoms with Crippen molar-refractivity contribution in [3.8, 4) is 0 Å². The van der Waals surface area contributed by atoms with Crippen LogP contribution >= 0.6 is 0 Å². The van der Waals surface area contributed by atoms with Gasteiger partial charge in [-0.05, 0) is 37.7 Å². The Bertz CT molecular complexity index is 1380. The van der Waals surface area contributed by atoms with E-state index in [1.54, 1.807) is 4.68 Å². The van der Waals surface area contributed by atoms with E-state index in [-0.39, 0.29) is 54.7 Å². The van der Waals surface area contributed by atoms with E-state index < -0.39 is 49.0 Å². The molecule has 3 aromatic rings. The minimum atomic E-state index is -4.51. The summed E-state index contributed by atoms with van der Waals surface area (Å²) in [6.07, 6.45) is -2.94. The average Bonchev–Trinajstić information content (AvgIpc) is 3.45. The molecule has 2 saturated carbocycles. The summed E-state index contributed by atoms with van der Waals surface area (Å²) in [5.41, 5.74) is 0.618. The Morgan fingerprint density at radius 1 is 1.12 bits per heavy atom. The second-order valence-corrected chi connectivity index (χ2v) is 10.2. The third kappa shape index (κ3) is 6.54. The maximum Gasteiger partial charge on any atom is 0.389 e. The van der Waals surface area contributed by atoms with Crippen LogP contribution in [0.25, 0.3) is 5.65 Å². The molecule has 3 aromatic heterocycles. The number of nitrogens with zero attached hydrogens (tertiary/aromatic N) is 6. The van der Waals surface area contributed by atoms with Crippen LogP contribution in [-0.4, -0.2) is 58.4 Å². The Morgan fingerprint density at radius 3 is 2.52 bits per heavy atom. The molecule has 216 valence electrons. The molecule has 3 N–H and O–H groups in total. The zero-order valence-electron chi connectivity index (χ0n) is 21.1. The van der Waals surface area contributed by atoms with Crippen molar-refractivity contribution in [2.45, 2.75) is 81.8 Å². The fraction of sp³-hybridized carbons (Fsp3) is 0.583. The van der Waals surface area contributed by atoms with Crippen LogP contribution in [0.2, 0.25) is 0 Å². The second-order valence-electron chi connectivity index (χ2n) is 10.2. The van der Waals surface area contributed by atoms with Gasteiger partial charge in [0, 0.05) is 24.8 Å². The number of amides is 2. The number of hydrogen-bond acceptors (Lipinski definition) is 7. The van der Waals surface area contributed by atoms with Gasteiger partial charge in [-0.15, -0.1) is 0 Å². The zero-order chi connectivity index (χ0) is 28.7. The number of nitrogens with one attached hydrogen (secondary N) is 2. The molecule has 11 nitrogen and oxygen atoms in total. The fourth-order valence-electron chi connectivity index (χ4n) is 4.81. The van der Waals surface area contributed by atoms with Gasteiger partial charge in [-0.2, -0.15) is 23.4 Å². The molecule has 2 fully saturated rings. The van der Waals surface area contributed by atoms with Gasteiger partial charge >= 0.3 is 6.18 Å². The molecule has 0 spiro atoms. The summed E-state index contributed by atoms with van der Waals surface area (Å²) >= 11 is 0. The summed E-state index contributed by atoms with van der Waals surface area (Å²) in [4.78, 5) is 33.6. The third-order valence-electron chi connectivity index (χ3n) is 7.12. The molecule has 0 aromatic carbocycles. The number of carbonyl (C=O) groups is 2. The van der Waals surface area contributed by atoms with Gasteiger partial charge < -0.3 is 15.7 Å². The number of halogens is 5. The SMILES string of the molecule is O=C(CCC(F)(F)F)N[C@H](O)c1cnn2cc([C@@H](NC(=O)c3ncnn3C3CC3)C3CCC(F)(F)CC3)nc2c1. The Hall–Kier alpha value is -3.69. The minimum Gasteiger partial charge on any atom is -0.369 e. The molecular formula is C24H27F5N8O3. The largest absolute Gasteiger partial charge is 0.389 e. The van der Waals surface area contributed by atoms with E-state index in [1.165, 1.54) is 29.3 Å². The quantitative estimate of drug-likeness (QED) is 0.265. The number of carbonyl (C=O) groups excluding carboxylic acids is 2. The molecule has 40 heavy (non-hydrogen) atoms. The molecule has 2 atom stereocenters. The Labute approximate surface area is 224 Å². The highest BCUT2D eigenvalue weighted by Gasteiger charge is 2.40. The first-order chi connectivity index (χ1) is 18.9. The van der Waals surface area contributed by atoms with E-state index in [1.807, 2.05) is 0 Å². The van der Waals surface area contributed by atoms with Gasteiger partial charge in [0.25, 0.3) is 5.91 Å². The summed E-state index contributed by atoms with van der Waals surface area (Å²) in [6.45, 7) is 0. The molecule has 0 unspecified atom stereocenters. The van der Waals surface area contributed by atoms with E-state index in [2.05, 4.69) is 30.8 Å². The fourth-order valence-corrected chi connectivity index (χ4v) is 4.81. The van der Waals surface area contributed by atoms with Gasteiger partial charge in [0.2, 0.25) is 17.7 Å². The van der Waals surface area contributed by atoms with Gasteiger partial charge in [-0.1, -0.05) is 0 Å². The van der Waals surface area contributed by atoms with Crippen molar-refractivity contribution in [3.05, 3.63) is 41.9 Å². The predicted molar refractivity (Wildman–Crippen MR) is 127 cm³/mol. The first-order valence-electron chi connectivity index (χ1n) is 12.9. The van der Waals surface area contributed by atoms with Crippen molar-refractivity contribution in [2.75, 3.05) is 0 Å². The summed E-state index contributed by atoms with van der Waals surface area (Å²) < 4.78 is 67.8. The number of imidazole rings is 1. The van der Waals surface area contributed by atoms with E-state index in [0.29, 0.717) is 5.69 Å². The van der Waals surface area contributed by atoms with Crippen LogP contribution in [0.15, 0.2) is 24.8 Å². The normalized spacial score (nSPS) is 19.4. The molecule has 2 aliphatic rings. The van der Waals surface area contributed by atoms with E-state index in [4.69, 9.17) is 0 Å². The molecule has 0 bridgehead atoms. The highest BCUT2D eigenvalue weighted by molar-refractivity contribution is 5.91. The van der Waals surface area contributed by atoms with Crippen molar-refractivity contribution in [1.29, 1.82) is 0 Å². The number of fused-ring (bicyclic) bond motifs is 1. The van der Waals surface area contributed by atoms with E-state index in [9.17, 15) is 36.6 Å². The number of rotatable bonds is 9. The average molecular weight is 571 g/mol. The number of aliphatic hydroxyl groups is 1. The lowest BCUT2D eigenvalue weighted by Crippen LogP contribution is -2.38. The van der Waals surface area contributed by atoms with Crippen molar-refractivity contribution >= 4 is 17.5 Å². The molecule has 2 amide bonds. The molecule has 5 rings (SSSR count). The van der Waals surface area contributed by atoms with Crippen LogP contribution in [0.3, 0.4) is 0 Å². The number of alkyl halides is 5. The lowest BCUT2D eigenvalue weighted by Gasteiger charge is -2.33. The van der Waals surface area contributed by atoms with E-state index >= 15 is 0 Å². The van der Waals surface area contributed by atoms with Crippen molar-refractivity contribution in [2.24, 2.45) is 5.92 Å². The smallest absolute Gasteiger partial charge is 0.369 e. The Morgan fingerprint density at radius 2 is 1.85 bits per heavy atom. The lowest BCUT2D eigenvalue weighted by atomic mass is 9.81. The standard InChI is InChI=1S/C24H27F5N8O3/c25-23(26)6-3-13(4-7-23)19(35-22(40)20-30-12-32-37(20)15-1-2-15)16-11-36-17(33-16)9-14(10-31-36)21(39)34-18(38)5-8-24(27,28)29/h9-13,15,19,21,39H,1-8H2,(H,34,38)(H,35,40)/t19-,21+/m0/s1. The first kappa shape index (κ1) is 27.9. The Balaban J connectivity index is 1.36. The van der Waals surface area contributed by atoms with Crippen LogP contribution in [-0.2, 0) is 4.79 Å². The topological polar surface area (TPSA) is 139 Å². The third-order valence-corrected chi connectivity index (χ3v) is 7.12. The highest BCUT2D eigenvalue weighted by Crippen LogP contribution is 2.41. The molecular weight excluding hydrogens is 543 g/mol. The van der Waals surface area contributed by atoms with Crippen molar-refractivity contribution in [1.82, 2.24) is 40.0 Å². The van der Waals surface area contributed by atoms with Crippen LogP contribution in [0.5, 0.6) is 0 Å². The molecule has 0 radical (unpaired) electrons. The van der Waals surface area contributed by atoms with E-state index in [0.717, 1.165) is 12.8 Å². The summed E-state index contributed by atoms with van der Waals surface area (Å²) in [7, 11) is 0. The van der Waals surface area contributed by atoms with Gasteiger partial charge in [-0.3, -0.25) is 9.59 Å². The van der Waals surface area contributed by atoms with Gasteiger partial charge in [0.15, 0.2) is 11.9 Å². The summed E-state index contributed by atoms with van der Waals surface area (Å²) in [6, 6.07) is 0.710. The number of aliphatic hydroxyl groups excluding tert-OH is 1.